The maximum absolute atomic E-state index is 12.3. The van der Waals surface area contributed by atoms with Crippen LogP contribution in [-0.2, 0) is 19.8 Å². The van der Waals surface area contributed by atoms with Crippen LogP contribution in [-0.4, -0.2) is 25.3 Å². The Hall–Kier alpha value is -1.10. The van der Waals surface area contributed by atoms with Crippen molar-refractivity contribution in [3.05, 3.63) is 17.8 Å². The van der Waals surface area contributed by atoms with Crippen molar-refractivity contribution in [2.24, 2.45) is 0 Å². The SMILES string of the molecule is CCOP(=O)(Cc1cnc(N)c(OC)c1)OCC. The Morgan fingerprint density at radius 2 is 1.94 bits per heavy atom. The lowest BCUT2D eigenvalue weighted by atomic mass is 10.3. The number of nitrogens with two attached hydrogens (primary N) is 1. The van der Waals surface area contributed by atoms with Crippen LogP contribution in [0, 0.1) is 0 Å². The van der Waals surface area contributed by atoms with E-state index in [1.165, 1.54) is 7.11 Å². The van der Waals surface area contributed by atoms with Crippen LogP contribution in [0.4, 0.5) is 5.82 Å². The number of hydrogen-bond donors (Lipinski definition) is 1. The predicted octanol–water partition coefficient (Wildman–Crippen LogP) is 2.44. The van der Waals surface area contributed by atoms with Gasteiger partial charge in [-0.2, -0.15) is 0 Å². The lowest BCUT2D eigenvalue weighted by molar-refractivity contribution is 0.219. The number of nitrogens with zero attached hydrogens (tertiary/aromatic N) is 1. The van der Waals surface area contributed by atoms with Gasteiger partial charge in [-0.3, -0.25) is 4.57 Å². The summed E-state index contributed by atoms with van der Waals surface area (Å²) in [4.78, 5) is 3.97. The van der Waals surface area contributed by atoms with E-state index in [1.54, 1.807) is 26.1 Å². The Bertz CT molecular complexity index is 429. The smallest absolute Gasteiger partial charge is 0.335 e. The molecule has 1 aromatic heterocycles. The summed E-state index contributed by atoms with van der Waals surface area (Å²) < 4.78 is 27.8. The molecule has 7 heteroatoms. The summed E-state index contributed by atoms with van der Waals surface area (Å²) in [6.07, 6.45) is 1.70. The van der Waals surface area contributed by atoms with E-state index in [4.69, 9.17) is 19.5 Å². The highest BCUT2D eigenvalue weighted by Gasteiger charge is 2.24. The molecule has 1 rings (SSSR count). The highest BCUT2D eigenvalue weighted by molar-refractivity contribution is 7.53. The van der Waals surface area contributed by atoms with Gasteiger partial charge in [-0.1, -0.05) is 0 Å². The molecule has 0 radical (unpaired) electrons. The van der Waals surface area contributed by atoms with Gasteiger partial charge in [-0.25, -0.2) is 4.98 Å². The summed E-state index contributed by atoms with van der Waals surface area (Å²) in [7, 11) is -1.62. The van der Waals surface area contributed by atoms with Crippen molar-refractivity contribution in [3.63, 3.8) is 0 Å². The second-order valence-corrected chi connectivity index (χ2v) is 5.59. The predicted molar refractivity (Wildman–Crippen MR) is 69.8 cm³/mol. The third kappa shape index (κ3) is 3.98. The Kier molecular flexibility index (Phi) is 5.59. The van der Waals surface area contributed by atoms with E-state index in [-0.39, 0.29) is 6.16 Å². The van der Waals surface area contributed by atoms with E-state index in [0.717, 1.165) is 0 Å². The van der Waals surface area contributed by atoms with Crippen LogP contribution in [0.3, 0.4) is 0 Å². The summed E-state index contributed by atoms with van der Waals surface area (Å²) in [6, 6.07) is 1.69. The largest absolute Gasteiger partial charge is 0.493 e. The van der Waals surface area contributed by atoms with Gasteiger partial charge in [-0.05, 0) is 25.5 Å². The molecule has 0 amide bonds. The summed E-state index contributed by atoms with van der Waals surface area (Å²) in [6.45, 7) is 4.20. The lowest BCUT2D eigenvalue weighted by Crippen LogP contribution is -2.01. The number of ether oxygens (including phenoxy) is 1. The van der Waals surface area contributed by atoms with Crippen molar-refractivity contribution >= 4 is 13.4 Å². The molecule has 102 valence electrons. The molecule has 2 N–H and O–H groups in total. The van der Waals surface area contributed by atoms with Gasteiger partial charge in [0.05, 0.1) is 26.5 Å². The van der Waals surface area contributed by atoms with Crippen LogP contribution in [0.15, 0.2) is 12.3 Å². The second kappa shape index (κ2) is 6.73. The Labute approximate surface area is 107 Å². The first-order chi connectivity index (χ1) is 8.54. The molecule has 0 fully saturated rings. The molecule has 0 saturated carbocycles. The molecule has 1 aromatic rings. The molecular weight excluding hydrogens is 255 g/mol. The normalized spacial score (nSPS) is 11.5. The Morgan fingerprint density at radius 3 is 2.44 bits per heavy atom. The standard InChI is InChI=1S/C11H19N2O4P/c1-4-16-18(14,17-5-2)8-9-6-10(15-3)11(12)13-7-9/h6-7H,4-5,8H2,1-3H3,(H2,12,13). The molecular formula is C11H19N2O4P. The number of pyridine rings is 1. The monoisotopic (exact) mass is 274 g/mol. The van der Waals surface area contributed by atoms with Crippen LogP contribution in [0.5, 0.6) is 5.75 Å². The maximum atomic E-state index is 12.3. The minimum Gasteiger partial charge on any atom is -0.493 e. The molecule has 0 aliphatic heterocycles. The number of nitrogen functional groups attached to an aromatic ring is 1. The Balaban J connectivity index is 2.90. The highest BCUT2D eigenvalue weighted by Crippen LogP contribution is 2.51. The number of anilines is 1. The zero-order valence-electron chi connectivity index (χ0n) is 10.9. The van der Waals surface area contributed by atoms with Crippen LogP contribution in [0.2, 0.25) is 0 Å². The van der Waals surface area contributed by atoms with E-state index in [2.05, 4.69) is 4.98 Å². The second-order valence-electron chi connectivity index (χ2n) is 3.54. The molecule has 0 saturated heterocycles. The summed E-state index contributed by atoms with van der Waals surface area (Å²) in [5.74, 6) is 0.746. The van der Waals surface area contributed by atoms with Gasteiger partial charge < -0.3 is 19.5 Å². The van der Waals surface area contributed by atoms with E-state index < -0.39 is 7.60 Å². The van der Waals surface area contributed by atoms with Gasteiger partial charge in [0.2, 0.25) is 0 Å². The minimum atomic E-state index is -3.12. The fraction of sp³-hybridized carbons (Fsp3) is 0.545. The average Bonchev–Trinajstić information content (AvgIpc) is 2.32. The van der Waals surface area contributed by atoms with Gasteiger partial charge >= 0.3 is 7.60 Å². The molecule has 18 heavy (non-hydrogen) atoms. The van der Waals surface area contributed by atoms with E-state index >= 15 is 0 Å². The molecule has 0 aromatic carbocycles. The molecule has 0 bridgehead atoms. The van der Waals surface area contributed by atoms with Gasteiger partial charge in [-0.15, -0.1) is 0 Å². The first kappa shape index (κ1) is 15.0. The number of rotatable bonds is 7. The molecule has 0 aliphatic rings. The third-order valence-electron chi connectivity index (χ3n) is 2.19. The van der Waals surface area contributed by atoms with Crippen LogP contribution >= 0.6 is 7.60 Å². The highest BCUT2D eigenvalue weighted by atomic mass is 31.2. The molecule has 0 aliphatic carbocycles. The fourth-order valence-corrected chi connectivity index (χ4v) is 3.16. The van der Waals surface area contributed by atoms with E-state index in [9.17, 15) is 4.57 Å². The first-order valence-electron chi connectivity index (χ1n) is 5.71. The average molecular weight is 274 g/mol. The van der Waals surface area contributed by atoms with Crippen LogP contribution < -0.4 is 10.5 Å². The molecule has 1 heterocycles. The molecule has 0 unspecified atom stereocenters. The number of methoxy groups -OCH3 is 1. The van der Waals surface area contributed by atoms with Crippen molar-refractivity contribution in [3.8, 4) is 5.75 Å². The maximum Gasteiger partial charge on any atom is 0.335 e. The van der Waals surface area contributed by atoms with Crippen molar-refractivity contribution in [2.45, 2.75) is 20.0 Å². The van der Waals surface area contributed by atoms with Crippen molar-refractivity contribution in [2.75, 3.05) is 26.1 Å². The van der Waals surface area contributed by atoms with E-state index in [1.807, 2.05) is 0 Å². The van der Waals surface area contributed by atoms with Crippen LogP contribution in [0.1, 0.15) is 19.4 Å². The number of hydrogen-bond acceptors (Lipinski definition) is 6. The first-order valence-corrected chi connectivity index (χ1v) is 7.44. The molecule has 6 nitrogen and oxygen atoms in total. The summed E-state index contributed by atoms with van der Waals surface area (Å²) >= 11 is 0. The molecule has 0 atom stereocenters. The van der Waals surface area contributed by atoms with Gasteiger partial charge in [0, 0.05) is 6.20 Å². The summed E-state index contributed by atoms with van der Waals surface area (Å²) in [5, 5.41) is 0. The quantitative estimate of drug-likeness (QED) is 0.769. The van der Waals surface area contributed by atoms with Gasteiger partial charge in [0.1, 0.15) is 0 Å². The minimum absolute atomic E-state index is 0.151. The summed E-state index contributed by atoms with van der Waals surface area (Å²) in [5.41, 5.74) is 6.31. The zero-order chi connectivity index (χ0) is 13.6. The van der Waals surface area contributed by atoms with Gasteiger partial charge in [0.25, 0.3) is 0 Å². The van der Waals surface area contributed by atoms with E-state index in [0.29, 0.717) is 30.3 Å². The number of aromatic nitrogens is 1. The van der Waals surface area contributed by atoms with Gasteiger partial charge in [0.15, 0.2) is 11.6 Å². The van der Waals surface area contributed by atoms with Crippen molar-refractivity contribution in [1.29, 1.82) is 0 Å². The van der Waals surface area contributed by atoms with Crippen molar-refractivity contribution in [1.82, 2.24) is 4.98 Å². The lowest BCUT2D eigenvalue weighted by Gasteiger charge is -2.17. The Morgan fingerprint density at radius 1 is 1.33 bits per heavy atom. The topological polar surface area (TPSA) is 83.7 Å². The molecule has 0 spiro atoms. The van der Waals surface area contributed by atoms with Crippen molar-refractivity contribution < 1.29 is 18.3 Å². The zero-order valence-corrected chi connectivity index (χ0v) is 11.8. The van der Waals surface area contributed by atoms with Crippen LogP contribution in [0.25, 0.3) is 0 Å². The fourth-order valence-electron chi connectivity index (χ4n) is 1.49. The third-order valence-corrected chi connectivity index (χ3v) is 4.24.